The summed E-state index contributed by atoms with van der Waals surface area (Å²) in [5, 5.41) is 11.2. The van der Waals surface area contributed by atoms with Crippen molar-refractivity contribution in [3.8, 4) is 0 Å². The third kappa shape index (κ3) is 4.82. The molecule has 0 fully saturated rings. The number of rotatable bonds is 7. The van der Waals surface area contributed by atoms with Crippen LogP contribution in [0.15, 0.2) is 22.8 Å². The van der Waals surface area contributed by atoms with Gasteiger partial charge in [0.25, 0.3) is 5.91 Å². The highest BCUT2D eigenvalue weighted by Gasteiger charge is 2.22. The molecule has 7 nitrogen and oxygen atoms in total. The summed E-state index contributed by atoms with van der Waals surface area (Å²) in [5.41, 5.74) is 0. The van der Waals surface area contributed by atoms with Crippen molar-refractivity contribution in [3.63, 3.8) is 0 Å². The van der Waals surface area contributed by atoms with Crippen LogP contribution in [0, 0.1) is 0 Å². The molecule has 1 amide bonds. The highest BCUT2D eigenvalue weighted by molar-refractivity contribution is 5.94. The summed E-state index contributed by atoms with van der Waals surface area (Å²) in [4.78, 5) is 33.7. The average Bonchev–Trinajstić information content (AvgIpc) is 2.88. The lowest BCUT2D eigenvalue weighted by molar-refractivity contribution is -0.144. The quantitative estimate of drug-likeness (QED) is 0.709. The molecule has 0 radical (unpaired) electrons. The van der Waals surface area contributed by atoms with E-state index in [4.69, 9.17) is 9.52 Å². The van der Waals surface area contributed by atoms with Crippen molar-refractivity contribution >= 4 is 17.8 Å². The fourth-order valence-corrected chi connectivity index (χ4v) is 1.39. The van der Waals surface area contributed by atoms with Gasteiger partial charge in [0.1, 0.15) is 6.04 Å². The number of hydrogen-bond acceptors (Lipinski definition) is 5. The zero-order valence-corrected chi connectivity index (χ0v) is 10.4. The average molecular weight is 269 g/mol. The van der Waals surface area contributed by atoms with Crippen molar-refractivity contribution in [2.75, 3.05) is 6.61 Å². The van der Waals surface area contributed by atoms with Crippen LogP contribution in [0.3, 0.4) is 0 Å². The second kappa shape index (κ2) is 7.20. The molecule has 19 heavy (non-hydrogen) atoms. The fraction of sp³-hybridized carbons (Fsp3) is 0.417. The molecule has 1 aromatic heterocycles. The maximum atomic E-state index is 11.6. The molecule has 1 rings (SSSR count). The molecule has 0 aliphatic carbocycles. The number of nitrogens with one attached hydrogen (secondary N) is 1. The van der Waals surface area contributed by atoms with Crippen LogP contribution in [-0.2, 0) is 14.3 Å². The lowest BCUT2D eigenvalue weighted by Gasteiger charge is -2.13. The number of ether oxygens (including phenoxy) is 1. The second-order valence-electron chi connectivity index (χ2n) is 3.69. The Morgan fingerprint density at radius 3 is 2.74 bits per heavy atom. The fourth-order valence-electron chi connectivity index (χ4n) is 1.39. The van der Waals surface area contributed by atoms with E-state index in [-0.39, 0.29) is 25.2 Å². The van der Waals surface area contributed by atoms with Crippen LogP contribution < -0.4 is 5.32 Å². The van der Waals surface area contributed by atoms with Gasteiger partial charge in [-0.2, -0.15) is 0 Å². The number of amides is 1. The Morgan fingerprint density at radius 1 is 1.47 bits per heavy atom. The van der Waals surface area contributed by atoms with Crippen LogP contribution in [0.25, 0.3) is 0 Å². The monoisotopic (exact) mass is 269 g/mol. The van der Waals surface area contributed by atoms with E-state index in [0.717, 1.165) is 0 Å². The first-order chi connectivity index (χ1) is 9.04. The molecule has 0 saturated heterocycles. The largest absolute Gasteiger partial charge is 0.480 e. The first-order valence-electron chi connectivity index (χ1n) is 5.77. The molecular formula is C12H15NO6. The van der Waals surface area contributed by atoms with E-state index in [0.29, 0.717) is 0 Å². The van der Waals surface area contributed by atoms with Crippen molar-refractivity contribution in [3.05, 3.63) is 24.2 Å². The summed E-state index contributed by atoms with van der Waals surface area (Å²) < 4.78 is 9.53. The van der Waals surface area contributed by atoms with E-state index in [2.05, 4.69) is 10.1 Å². The summed E-state index contributed by atoms with van der Waals surface area (Å²) in [6.45, 7) is 1.89. The van der Waals surface area contributed by atoms with E-state index >= 15 is 0 Å². The molecule has 0 unspecified atom stereocenters. The third-order valence-corrected chi connectivity index (χ3v) is 2.29. The molecule has 104 valence electrons. The topological polar surface area (TPSA) is 106 Å². The molecule has 2 N–H and O–H groups in total. The van der Waals surface area contributed by atoms with Gasteiger partial charge in [0.2, 0.25) is 0 Å². The zero-order chi connectivity index (χ0) is 14.3. The van der Waals surface area contributed by atoms with Crippen LogP contribution >= 0.6 is 0 Å². The molecule has 1 atom stereocenters. The van der Waals surface area contributed by atoms with Crippen LogP contribution in [0.2, 0.25) is 0 Å². The molecule has 0 bridgehead atoms. The van der Waals surface area contributed by atoms with Gasteiger partial charge in [-0.25, -0.2) is 4.79 Å². The van der Waals surface area contributed by atoms with Crippen LogP contribution in [-0.4, -0.2) is 35.6 Å². The minimum absolute atomic E-state index is 0.0161. The van der Waals surface area contributed by atoms with Gasteiger partial charge in [-0.05, 0) is 25.5 Å². The number of carbonyl (C=O) groups is 3. The van der Waals surface area contributed by atoms with Crippen molar-refractivity contribution < 1.29 is 28.6 Å². The number of furan rings is 1. The van der Waals surface area contributed by atoms with Crippen molar-refractivity contribution in [1.29, 1.82) is 0 Å². The predicted molar refractivity (Wildman–Crippen MR) is 63.5 cm³/mol. The van der Waals surface area contributed by atoms with E-state index in [1.807, 2.05) is 0 Å². The number of aliphatic carboxylic acids is 1. The highest BCUT2D eigenvalue weighted by atomic mass is 16.5. The SMILES string of the molecule is CCOC(=O)CC[C@H](NC(=O)c1ccco1)C(=O)O. The van der Waals surface area contributed by atoms with Crippen LogP contribution in [0.5, 0.6) is 0 Å². The lowest BCUT2D eigenvalue weighted by Crippen LogP contribution is -2.41. The van der Waals surface area contributed by atoms with Gasteiger partial charge >= 0.3 is 11.9 Å². The van der Waals surface area contributed by atoms with Gasteiger partial charge in [0.15, 0.2) is 5.76 Å². The number of carboxylic acid groups (broad SMARTS) is 1. The highest BCUT2D eigenvalue weighted by Crippen LogP contribution is 2.04. The standard InChI is InChI=1S/C12H15NO6/c1-2-18-10(14)6-5-8(12(16)17)13-11(15)9-4-3-7-19-9/h3-4,7-8H,2,5-6H2,1H3,(H,13,15)(H,16,17)/t8-/m0/s1. The van der Waals surface area contributed by atoms with Gasteiger partial charge in [0.05, 0.1) is 12.9 Å². The Labute approximate surface area is 109 Å². The molecule has 1 heterocycles. The summed E-state index contributed by atoms with van der Waals surface area (Å²) in [6.07, 6.45) is 1.19. The molecule has 0 aromatic carbocycles. The summed E-state index contributed by atoms with van der Waals surface area (Å²) in [7, 11) is 0. The third-order valence-electron chi connectivity index (χ3n) is 2.29. The summed E-state index contributed by atoms with van der Waals surface area (Å²) in [5.74, 6) is -2.34. The maximum Gasteiger partial charge on any atom is 0.326 e. The van der Waals surface area contributed by atoms with Gasteiger partial charge < -0.3 is 19.6 Å². The molecule has 0 spiro atoms. The van der Waals surface area contributed by atoms with E-state index < -0.39 is 23.9 Å². The van der Waals surface area contributed by atoms with E-state index in [1.54, 1.807) is 6.92 Å². The molecular weight excluding hydrogens is 254 g/mol. The van der Waals surface area contributed by atoms with Gasteiger partial charge in [0, 0.05) is 6.42 Å². The first kappa shape index (κ1) is 14.7. The number of hydrogen-bond donors (Lipinski definition) is 2. The number of carbonyl (C=O) groups excluding carboxylic acids is 2. The van der Waals surface area contributed by atoms with Crippen LogP contribution in [0.4, 0.5) is 0 Å². The second-order valence-corrected chi connectivity index (χ2v) is 3.69. The Morgan fingerprint density at radius 2 is 2.21 bits per heavy atom. The minimum Gasteiger partial charge on any atom is -0.480 e. The summed E-state index contributed by atoms with van der Waals surface area (Å²) >= 11 is 0. The van der Waals surface area contributed by atoms with Gasteiger partial charge in [-0.15, -0.1) is 0 Å². The van der Waals surface area contributed by atoms with Gasteiger partial charge in [-0.3, -0.25) is 9.59 Å². The first-order valence-corrected chi connectivity index (χ1v) is 5.77. The number of carboxylic acids is 1. The summed E-state index contributed by atoms with van der Waals surface area (Å²) in [6, 6.07) is 1.77. The molecule has 0 saturated carbocycles. The predicted octanol–water partition coefficient (Wildman–Crippen LogP) is 0.806. The van der Waals surface area contributed by atoms with E-state index in [9.17, 15) is 14.4 Å². The maximum absolute atomic E-state index is 11.6. The Kier molecular flexibility index (Phi) is 5.59. The minimum atomic E-state index is -1.22. The van der Waals surface area contributed by atoms with Crippen molar-refractivity contribution in [1.82, 2.24) is 5.32 Å². The number of esters is 1. The molecule has 7 heteroatoms. The van der Waals surface area contributed by atoms with Crippen molar-refractivity contribution in [2.24, 2.45) is 0 Å². The zero-order valence-electron chi connectivity index (χ0n) is 10.4. The molecule has 0 aliphatic heterocycles. The smallest absolute Gasteiger partial charge is 0.326 e. The molecule has 1 aromatic rings. The normalized spacial score (nSPS) is 11.6. The Hall–Kier alpha value is -2.31. The Bertz CT molecular complexity index is 439. The van der Waals surface area contributed by atoms with Gasteiger partial charge in [-0.1, -0.05) is 0 Å². The lowest BCUT2D eigenvalue weighted by atomic mass is 10.1. The Balaban J connectivity index is 2.51. The van der Waals surface area contributed by atoms with Crippen LogP contribution in [0.1, 0.15) is 30.3 Å². The molecule has 0 aliphatic rings. The van der Waals surface area contributed by atoms with E-state index in [1.165, 1.54) is 18.4 Å². The van der Waals surface area contributed by atoms with Crippen molar-refractivity contribution in [2.45, 2.75) is 25.8 Å².